The highest BCUT2D eigenvalue weighted by molar-refractivity contribution is 6.30. The molecule has 0 radical (unpaired) electrons. The molecule has 1 amide bonds. The van der Waals surface area contributed by atoms with Crippen molar-refractivity contribution in [3.63, 3.8) is 0 Å². The molecule has 104 valence electrons. The van der Waals surface area contributed by atoms with Gasteiger partial charge in [-0.1, -0.05) is 17.7 Å². The molecule has 0 saturated carbocycles. The maximum Gasteiger partial charge on any atom is 0.255 e. The topological polar surface area (TPSA) is 60.5 Å². The van der Waals surface area contributed by atoms with Crippen LogP contribution in [0.5, 0.6) is 11.6 Å². The molecule has 0 aliphatic carbocycles. The number of hydrogen-bond donors (Lipinski definition) is 1. The zero-order chi connectivity index (χ0) is 14.5. The second kappa shape index (κ2) is 6.25. The fraction of sp³-hybridized carbons (Fsp3) is 0.143. The van der Waals surface area contributed by atoms with Crippen LogP contribution in [0, 0.1) is 0 Å². The summed E-state index contributed by atoms with van der Waals surface area (Å²) in [7, 11) is 3.02. The van der Waals surface area contributed by atoms with Crippen LogP contribution in [-0.2, 0) is 0 Å². The number of rotatable bonds is 4. The van der Waals surface area contributed by atoms with Crippen LogP contribution in [0.4, 0.5) is 5.69 Å². The molecular formula is C14H13ClN2O3. The summed E-state index contributed by atoms with van der Waals surface area (Å²) < 4.78 is 10.1. The van der Waals surface area contributed by atoms with Crippen molar-refractivity contribution in [2.75, 3.05) is 19.5 Å². The van der Waals surface area contributed by atoms with E-state index in [9.17, 15) is 4.79 Å². The van der Waals surface area contributed by atoms with E-state index in [-0.39, 0.29) is 16.9 Å². The summed E-state index contributed by atoms with van der Waals surface area (Å²) in [5.41, 5.74) is 0.992. The maximum absolute atomic E-state index is 12.1. The number of carbonyl (C=O) groups is 1. The summed E-state index contributed by atoms with van der Waals surface area (Å²) in [6.45, 7) is 0. The summed E-state index contributed by atoms with van der Waals surface area (Å²) in [4.78, 5) is 16.1. The average Bonchev–Trinajstić information content (AvgIpc) is 2.46. The minimum atomic E-state index is -0.305. The number of aromatic nitrogens is 1. The van der Waals surface area contributed by atoms with Crippen LogP contribution in [-0.4, -0.2) is 25.1 Å². The van der Waals surface area contributed by atoms with Crippen molar-refractivity contribution in [1.82, 2.24) is 4.98 Å². The number of anilines is 1. The second-order valence-corrected chi connectivity index (χ2v) is 4.29. The van der Waals surface area contributed by atoms with Gasteiger partial charge in [-0.05, 0) is 18.2 Å². The van der Waals surface area contributed by atoms with Crippen LogP contribution >= 0.6 is 11.6 Å². The minimum Gasteiger partial charge on any atom is -0.497 e. The van der Waals surface area contributed by atoms with Crippen LogP contribution in [0.2, 0.25) is 5.15 Å². The van der Waals surface area contributed by atoms with E-state index in [1.54, 1.807) is 31.4 Å². The van der Waals surface area contributed by atoms with Crippen LogP contribution in [0.3, 0.4) is 0 Å². The van der Waals surface area contributed by atoms with Crippen LogP contribution < -0.4 is 14.8 Å². The van der Waals surface area contributed by atoms with E-state index in [4.69, 9.17) is 21.1 Å². The third kappa shape index (κ3) is 3.39. The first-order chi connectivity index (χ1) is 9.62. The molecule has 0 unspecified atom stereocenters. The Morgan fingerprint density at radius 3 is 2.70 bits per heavy atom. The van der Waals surface area contributed by atoms with Gasteiger partial charge in [0, 0.05) is 23.4 Å². The summed E-state index contributed by atoms with van der Waals surface area (Å²) in [6.07, 6.45) is 0. The monoisotopic (exact) mass is 292 g/mol. The van der Waals surface area contributed by atoms with Crippen molar-refractivity contribution in [3.05, 3.63) is 47.1 Å². The van der Waals surface area contributed by atoms with Gasteiger partial charge in [-0.3, -0.25) is 4.79 Å². The second-order valence-electron chi connectivity index (χ2n) is 3.91. The predicted octanol–water partition coefficient (Wildman–Crippen LogP) is 3.00. The summed E-state index contributed by atoms with van der Waals surface area (Å²) in [6, 6.07) is 10.1. The van der Waals surface area contributed by atoms with Gasteiger partial charge in [0.2, 0.25) is 5.88 Å². The fourth-order valence-corrected chi connectivity index (χ4v) is 1.81. The molecule has 0 bridgehead atoms. The van der Waals surface area contributed by atoms with Gasteiger partial charge in [-0.25, -0.2) is 4.98 Å². The van der Waals surface area contributed by atoms with E-state index in [1.807, 2.05) is 0 Å². The Bertz CT molecular complexity index is 632. The lowest BCUT2D eigenvalue weighted by Crippen LogP contribution is -2.12. The Morgan fingerprint density at radius 2 is 2.00 bits per heavy atom. The number of hydrogen-bond acceptors (Lipinski definition) is 4. The normalized spacial score (nSPS) is 9.95. The standard InChI is InChI=1S/C14H13ClN2O3/c1-19-11-5-3-4-10(8-11)16-14(18)9-6-12(15)17-13(7-9)20-2/h3-8H,1-2H3,(H,16,18). The molecule has 1 aromatic heterocycles. The molecule has 0 saturated heterocycles. The van der Waals surface area contributed by atoms with Crippen molar-refractivity contribution in [3.8, 4) is 11.6 Å². The number of nitrogens with one attached hydrogen (secondary N) is 1. The molecule has 0 atom stereocenters. The van der Waals surface area contributed by atoms with Gasteiger partial charge in [0.1, 0.15) is 10.9 Å². The van der Waals surface area contributed by atoms with E-state index in [2.05, 4.69) is 10.3 Å². The van der Waals surface area contributed by atoms with Crippen molar-refractivity contribution in [2.24, 2.45) is 0 Å². The highest BCUT2D eigenvalue weighted by atomic mass is 35.5. The number of carbonyl (C=O) groups excluding carboxylic acids is 1. The van der Waals surface area contributed by atoms with Gasteiger partial charge in [0.25, 0.3) is 5.91 Å². The largest absolute Gasteiger partial charge is 0.497 e. The number of methoxy groups -OCH3 is 2. The van der Waals surface area contributed by atoms with Gasteiger partial charge in [-0.2, -0.15) is 0 Å². The third-order valence-corrected chi connectivity index (χ3v) is 2.76. The van der Waals surface area contributed by atoms with Gasteiger partial charge in [0.05, 0.1) is 14.2 Å². The molecule has 0 aliphatic heterocycles. The van der Waals surface area contributed by atoms with Crippen molar-refractivity contribution < 1.29 is 14.3 Å². The molecule has 2 rings (SSSR count). The zero-order valence-corrected chi connectivity index (χ0v) is 11.8. The Morgan fingerprint density at radius 1 is 1.20 bits per heavy atom. The predicted molar refractivity (Wildman–Crippen MR) is 76.7 cm³/mol. The molecule has 0 aliphatic rings. The van der Waals surface area contributed by atoms with Gasteiger partial charge >= 0.3 is 0 Å². The Kier molecular flexibility index (Phi) is 4.42. The van der Waals surface area contributed by atoms with Gasteiger partial charge in [-0.15, -0.1) is 0 Å². The number of benzene rings is 1. The fourth-order valence-electron chi connectivity index (χ4n) is 1.61. The summed E-state index contributed by atoms with van der Waals surface area (Å²) in [5, 5.41) is 2.95. The van der Waals surface area contributed by atoms with Crippen LogP contribution in [0.15, 0.2) is 36.4 Å². The minimum absolute atomic E-state index is 0.195. The van der Waals surface area contributed by atoms with Crippen molar-refractivity contribution in [1.29, 1.82) is 0 Å². The van der Waals surface area contributed by atoms with E-state index < -0.39 is 0 Å². The first-order valence-corrected chi connectivity index (χ1v) is 6.17. The number of amides is 1. The lowest BCUT2D eigenvalue weighted by atomic mass is 10.2. The number of pyridine rings is 1. The first kappa shape index (κ1) is 14.1. The zero-order valence-electron chi connectivity index (χ0n) is 11.0. The smallest absolute Gasteiger partial charge is 0.255 e. The number of nitrogens with zero attached hydrogens (tertiary/aromatic N) is 1. The van der Waals surface area contributed by atoms with Crippen molar-refractivity contribution in [2.45, 2.75) is 0 Å². The average molecular weight is 293 g/mol. The van der Waals surface area contributed by atoms with Gasteiger partial charge in [0.15, 0.2) is 0 Å². The highest BCUT2D eigenvalue weighted by Gasteiger charge is 2.10. The molecule has 2 aromatic rings. The molecule has 0 fully saturated rings. The lowest BCUT2D eigenvalue weighted by Gasteiger charge is -2.08. The molecule has 0 spiro atoms. The Hall–Kier alpha value is -2.27. The maximum atomic E-state index is 12.1. The molecule has 1 heterocycles. The molecule has 20 heavy (non-hydrogen) atoms. The lowest BCUT2D eigenvalue weighted by molar-refractivity contribution is 0.102. The highest BCUT2D eigenvalue weighted by Crippen LogP contribution is 2.20. The molecular weight excluding hydrogens is 280 g/mol. The SMILES string of the molecule is COc1cccc(NC(=O)c2cc(Cl)nc(OC)c2)c1. The van der Waals surface area contributed by atoms with E-state index in [1.165, 1.54) is 19.2 Å². The van der Waals surface area contributed by atoms with Crippen molar-refractivity contribution >= 4 is 23.2 Å². The number of halogens is 1. The van der Waals surface area contributed by atoms with Crippen LogP contribution in [0.1, 0.15) is 10.4 Å². The van der Waals surface area contributed by atoms with Gasteiger partial charge < -0.3 is 14.8 Å². The number of ether oxygens (including phenoxy) is 2. The summed E-state index contributed by atoms with van der Waals surface area (Å²) >= 11 is 5.83. The van der Waals surface area contributed by atoms with Crippen LogP contribution in [0.25, 0.3) is 0 Å². The first-order valence-electron chi connectivity index (χ1n) is 5.79. The molecule has 1 N–H and O–H groups in total. The van der Waals surface area contributed by atoms with E-state index >= 15 is 0 Å². The quantitative estimate of drug-likeness (QED) is 0.880. The Labute approximate surface area is 121 Å². The summed E-state index contributed by atoms with van der Waals surface area (Å²) in [5.74, 6) is 0.641. The van der Waals surface area contributed by atoms with E-state index in [0.717, 1.165) is 0 Å². The van der Waals surface area contributed by atoms with E-state index in [0.29, 0.717) is 17.0 Å². The molecule has 5 nitrogen and oxygen atoms in total. The Balaban J connectivity index is 2.21. The molecule has 6 heteroatoms. The molecule has 1 aromatic carbocycles. The third-order valence-electron chi connectivity index (χ3n) is 2.57.